The molecule has 0 fully saturated rings. The van der Waals surface area contributed by atoms with Crippen molar-refractivity contribution in [2.24, 2.45) is 0 Å². The van der Waals surface area contributed by atoms with E-state index in [4.69, 9.17) is 27.9 Å². The Bertz CT molecular complexity index is 941. The molecule has 2 aromatic carbocycles. The summed E-state index contributed by atoms with van der Waals surface area (Å²) in [5, 5.41) is 4.20. The van der Waals surface area contributed by atoms with Crippen LogP contribution in [-0.2, 0) is 14.3 Å². The summed E-state index contributed by atoms with van der Waals surface area (Å²) in [6.45, 7) is 3.99. The molecule has 0 bridgehead atoms. The number of rotatable bonds is 5. The number of anilines is 2. The van der Waals surface area contributed by atoms with Crippen molar-refractivity contribution in [3.05, 3.63) is 64.1 Å². The molecule has 0 aromatic heterocycles. The van der Waals surface area contributed by atoms with Crippen LogP contribution >= 0.6 is 23.2 Å². The van der Waals surface area contributed by atoms with E-state index in [9.17, 15) is 9.59 Å². The Morgan fingerprint density at radius 3 is 2.71 bits per heavy atom. The number of para-hydroxylation sites is 2. The Morgan fingerprint density at radius 1 is 1.21 bits per heavy atom. The molecule has 1 heterocycles. The molecular weight excluding hydrogens is 399 g/mol. The van der Waals surface area contributed by atoms with Gasteiger partial charge in [0.25, 0.3) is 5.91 Å². The van der Waals surface area contributed by atoms with Crippen LogP contribution in [0.3, 0.4) is 0 Å². The lowest BCUT2D eigenvalue weighted by Crippen LogP contribution is -2.54. The predicted octanol–water partition coefficient (Wildman–Crippen LogP) is 4.79. The minimum atomic E-state index is -0.733. The van der Waals surface area contributed by atoms with E-state index in [-0.39, 0.29) is 19.1 Å². The van der Waals surface area contributed by atoms with E-state index in [1.54, 1.807) is 29.2 Å². The molecule has 3 rings (SSSR count). The Hall–Kier alpha value is -2.50. The fraction of sp³-hybridized carbons (Fsp3) is 0.238. The molecule has 0 saturated heterocycles. The van der Waals surface area contributed by atoms with Crippen LogP contribution in [0.15, 0.2) is 48.5 Å². The first-order valence-corrected chi connectivity index (χ1v) is 9.52. The number of hydrogen-bond donors (Lipinski definition) is 1. The van der Waals surface area contributed by atoms with E-state index < -0.39 is 11.5 Å². The van der Waals surface area contributed by atoms with Crippen LogP contribution in [0, 0.1) is 0 Å². The molecule has 1 aliphatic heterocycles. The molecule has 0 unspecified atom stereocenters. The maximum Gasteiger partial charge on any atom is 0.330 e. The number of carbonyl (C=O) groups excluding carboxylic acids is 2. The zero-order valence-corrected chi connectivity index (χ0v) is 17.1. The number of halogens is 2. The number of ether oxygens (including phenoxy) is 1. The van der Waals surface area contributed by atoms with Gasteiger partial charge in [-0.25, -0.2) is 4.79 Å². The molecule has 28 heavy (non-hydrogen) atoms. The molecule has 146 valence electrons. The van der Waals surface area contributed by atoms with E-state index in [2.05, 4.69) is 5.32 Å². The summed E-state index contributed by atoms with van der Waals surface area (Å²) in [4.78, 5) is 26.4. The Balaban J connectivity index is 1.62. The number of fused-ring (bicyclic) bond motifs is 1. The monoisotopic (exact) mass is 418 g/mol. The molecular formula is C21H20Cl2N2O3. The number of hydrogen-bond acceptors (Lipinski definition) is 4. The third-order valence-corrected chi connectivity index (χ3v) is 4.90. The topological polar surface area (TPSA) is 58.6 Å². The van der Waals surface area contributed by atoms with E-state index >= 15 is 0 Å². The predicted molar refractivity (Wildman–Crippen MR) is 113 cm³/mol. The zero-order chi connectivity index (χ0) is 20.3. The Morgan fingerprint density at radius 2 is 1.96 bits per heavy atom. The molecule has 0 aliphatic carbocycles. The summed E-state index contributed by atoms with van der Waals surface area (Å²) in [5.74, 6) is -0.591. The van der Waals surface area contributed by atoms with E-state index in [1.807, 2.05) is 38.1 Å². The van der Waals surface area contributed by atoms with Gasteiger partial charge in [0.1, 0.15) is 12.1 Å². The minimum absolute atomic E-state index is 0.0771. The lowest BCUT2D eigenvalue weighted by molar-refractivity contribution is -0.137. The van der Waals surface area contributed by atoms with Crippen LogP contribution in [0.2, 0.25) is 10.0 Å². The maximum absolute atomic E-state index is 12.7. The molecule has 2 aromatic rings. The van der Waals surface area contributed by atoms with Crippen LogP contribution in [0.4, 0.5) is 11.4 Å². The third-order valence-electron chi connectivity index (χ3n) is 4.34. The number of amides is 1. The van der Waals surface area contributed by atoms with Gasteiger partial charge in [-0.3, -0.25) is 4.79 Å². The number of nitrogens with zero attached hydrogens (tertiary/aromatic N) is 1. The van der Waals surface area contributed by atoms with E-state index in [0.29, 0.717) is 15.6 Å². The molecule has 1 amide bonds. The lowest BCUT2D eigenvalue weighted by atomic mass is 9.98. The SMILES string of the molecule is CC1(C)Nc2ccccc2N(CCOC(=O)/C=C/c2ccc(Cl)cc2Cl)C1=O. The van der Waals surface area contributed by atoms with Crippen molar-refractivity contribution in [2.75, 3.05) is 23.4 Å². The van der Waals surface area contributed by atoms with Gasteiger partial charge < -0.3 is 15.0 Å². The van der Waals surface area contributed by atoms with Gasteiger partial charge in [0.05, 0.1) is 17.9 Å². The van der Waals surface area contributed by atoms with Gasteiger partial charge in [0.15, 0.2) is 0 Å². The van der Waals surface area contributed by atoms with Crippen molar-refractivity contribution in [3.63, 3.8) is 0 Å². The largest absolute Gasteiger partial charge is 0.461 e. The molecule has 1 N–H and O–H groups in total. The second kappa shape index (κ2) is 8.25. The first kappa shape index (κ1) is 20.2. The van der Waals surface area contributed by atoms with Gasteiger partial charge in [0.2, 0.25) is 0 Å². The van der Waals surface area contributed by atoms with Crippen molar-refractivity contribution >= 4 is 52.5 Å². The molecule has 0 spiro atoms. The highest BCUT2D eigenvalue weighted by Crippen LogP contribution is 2.34. The van der Waals surface area contributed by atoms with Crippen LogP contribution in [0.25, 0.3) is 6.08 Å². The highest BCUT2D eigenvalue weighted by atomic mass is 35.5. The lowest BCUT2D eigenvalue weighted by Gasteiger charge is -2.39. The number of carbonyl (C=O) groups is 2. The maximum atomic E-state index is 12.7. The van der Waals surface area contributed by atoms with Gasteiger partial charge >= 0.3 is 5.97 Å². The normalized spacial score (nSPS) is 15.3. The van der Waals surface area contributed by atoms with Crippen LogP contribution in [0.1, 0.15) is 19.4 Å². The Labute approximate surface area is 173 Å². The van der Waals surface area contributed by atoms with Gasteiger partial charge in [0, 0.05) is 16.1 Å². The number of nitrogens with one attached hydrogen (secondary N) is 1. The highest BCUT2D eigenvalue weighted by Gasteiger charge is 2.38. The highest BCUT2D eigenvalue weighted by molar-refractivity contribution is 6.35. The average Bonchev–Trinajstić information content (AvgIpc) is 2.64. The second-order valence-corrected chi connectivity index (χ2v) is 7.73. The van der Waals surface area contributed by atoms with Crippen LogP contribution in [-0.4, -0.2) is 30.6 Å². The fourth-order valence-electron chi connectivity index (χ4n) is 2.95. The van der Waals surface area contributed by atoms with Crippen molar-refractivity contribution in [1.29, 1.82) is 0 Å². The summed E-state index contributed by atoms with van der Waals surface area (Å²) in [7, 11) is 0. The third kappa shape index (κ3) is 4.49. The summed E-state index contributed by atoms with van der Waals surface area (Å²) < 4.78 is 5.25. The van der Waals surface area contributed by atoms with Crippen molar-refractivity contribution in [3.8, 4) is 0 Å². The minimum Gasteiger partial charge on any atom is -0.461 e. The quantitative estimate of drug-likeness (QED) is 0.560. The molecule has 0 saturated carbocycles. The van der Waals surface area contributed by atoms with E-state index in [1.165, 1.54) is 6.08 Å². The molecule has 1 aliphatic rings. The zero-order valence-electron chi connectivity index (χ0n) is 15.5. The van der Waals surface area contributed by atoms with Crippen molar-refractivity contribution in [2.45, 2.75) is 19.4 Å². The van der Waals surface area contributed by atoms with Crippen molar-refractivity contribution in [1.82, 2.24) is 0 Å². The molecule has 0 atom stereocenters. The fourth-order valence-corrected chi connectivity index (χ4v) is 3.43. The summed E-state index contributed by atoms with van der Waals surface area (Å²) in [5.41, 5.74) is 1.57. The number of esters is 1. The van der Waals surface area contributed by atoms with Gasteiger partial charge in [-0.05, 0) is 49.8 Å². The van der Waals surface area contributed by atoms with Gasteiger partial charge in [-0.1, -0.05) is 41.4 Å². The first-order valence-electron chi connectivity index (χ1n) is 8.77. The summed E-state index contributed by atoms with van der Waals surface area (Å²) in [6.07, 6.45) is 2.86. The smallest absolute Gasteiger partial charge is 0.330 e. The van der Waals surface area contributed by atoms with Gasteiger partial charge in [-0.2, -0.15) is 0 Å². The van der Waals surface area contributed by atoms with E-state index in [0.717, 1.165) is 11.4 Å². The second-order valence-electron chi connectivity index (χ2n) is 6.89. The van der Waals surface area contributed by atoms with Crippen LogP contribution in [0.5, 0.6) is 0 Å². The number of benzene rings is 2. The molecule has 5 nitrogen and oxygen atoms in total. The molecule has 7 heteroatoms. The average molecular weight is 419 g/mol. The van der Waals surface area contributed by atoms with Crippen molar-refractivity contribution < 1.29 is 14.3 Å². The summed E-state index contributed by atoms with van der Waals surface area (Å²) in [6, 6.07) is 12.6. The molecule has 0 radical (unpaired) electrons. The Kier molecular flexibility index (Phi) is 5.96. The van der Waals surface area contributed by atoms with Gasteiger partial charge in [-0.15, -0.1) is 0 Å². The summed E-state index contributed by atoms with van der Waals surface area (Å²) >= 11 is 11.9. The van der Waals surface area contributed by atoms with Crippen LogP contribution < -0.4 is 10.2 Å². The first-order chi connectivity index (χ1) is 13.3. The standard InChI is InChI=1S/C21H20Cl2N2O3/c1-21(2)20(27)25(18-6-4-3-5-17(18)24-21)11-12-28-19(26)10-8-14-7-9-15(22)13-16(14)23/h3-10,13,24H,11-12H2,1-2H3/b10-8+.